The number of hydrogen-bond donors (Lipinski definition) is 1. The van der Waals surface area contributed by atoms with E-state index in [0.717, 1.165) is 19.3 Å². The van der Waals surface area contributed by atoms with Crippen molar-refractivity contribution in [3.05, 3.63) is 0 Å². The lowest BCUT2D eigenvalue weighted by molar-refractivity contribution is -0.152. The Balaban J connectivity index is 2.03. The van der Waals surface area contributed by atoms with Gasteiger partial charge in [0.1, 0.15) is 6.61 Å². The van der Waals surface area contributed by atoms with Crippen molar-refractivity contribution in [1.29, 1.82) is 0 Å². The van der Waals surface area contributed by atoms with E-state index >= 15 is 0 Å². The molecule has 0 aromatic rings. The van der Waals surface area contributed by atoms with Crippen LogP contribution in [-0.2, 0) is 9.53 Å². The van der Waals surface area contributed by atoms with Gasteiger partial charge in [0.2, 0.25) is 5.91 Å². The minimum atomic E-state index is 0.168. The predicted octanol–water partition coefficient (Wildman–Crippen LogP) is 1.29. The van der Waals surface area contributed by atoms with Gasteiger partial charge in [0.05, 0.1) is 12.6 Å². The third-order valence-corrected chi connectivity index (χ3v) is 3.94. The number of carbonyl (C=O) groups excluding carboxylic acids is 1. The van der Waals surface area contributed by atoms with E-state index in [4.69, 9.17) is 10.5 Å². The Kier molecular flexibility index (Phi) is 4.80. The fraction of sp³-hybridized carbons (Fsp3) is 0.923. The van der Waals surface area contributed by atoms with Crippen LogP contribution in [0.4, 0.5) is 0 Å². The number of carbonyl (C=O) groups is 1. The second-order valence-electron chi connectivity index (χ2n) is 5.19. The molecule has 2 rings (SSSR count). The van der Waals surface area contributed by atoms with Crippen molar-refractivity contribution in [2.24, 2.45) is 5.73 Å². The quantitative estimate of drug-likeness (QED) is 0.756. The van der Waals surface area contributed by atoms with E-state index in [1.807, 2.05) is 0 Å². The second-order valence-corrected chi connectivity index (χ2v) is 5.19. The summed E-state index contributed by atoms with van der Waals surface area (Å²) in [5.74, 6) is 0.168. The molecular formula is C13H24N2O2. The Morgan fingerprint density at radius 2 is 1.94 bits per heavy atom. The zero-order valence-corrected chi connectivity index (χ0v) is 10.6. The molecule has 2 N–H and O–H groups in total. The fourth-order valence-corrected chi connectivity index (χ4v) is 3.09. The molecule has 0 aromatic carbocycles. The highest BCUT2D eigenvalue weighted by atomic mass is 16.5. The van der Waals surface area contributed by atoms with Gasteiger partial charge >= 0.3 is 0 Å². The molecule has 2 fully saturated rings. The van der Waals surface area contributed by atoms with Gasteiger partial charge in [-0.05, 0) is 25.8 Å². The molecule has 1 atom stereocenters. The predicted molar refractivity (Wildman–Crippen MR) is 66.6 cm³/mol. The second kappa shape index (κ2) is 6.36. The maximum Gasteiger partial charge on any atom is 0.249 e. The molecule has 2 aliphatic rings. The number of hydrogen-bond acceptors (Lipinski definition) is 3. The third-order valence-electron chi connectivity index (χ3n) is 3.94. The van der Waals surface area contributed by atoms with Crippen molar-refractivity contribution in [2.75, 3.05) is 19.8 Å². The van der Waals surface area contributed by atoms with E-state index in [1.54, 1.807) is 0 Å². The van der Waals surface area contributed by atoms with Crippen molar-refractivity contribution in [1.82, 2.24) is 4.90 Å². The molecule has 98 valence electrons. The standard InChI is InChI=1S/C13H24N2O2/c14-8-7-12-9-17-10-13(16)15(12)11-5-3-1-2-4-6-11/h11-12H,1-10,14H2. The summed E-state index contributed by atoms with van der Waals surface area (Å²) >= 11 is 0. The summed E-state index contributed by atoms with van der Waals surface area (Å²) < 4.78 is 5.35. The van der Waals surface area contributed by atoms with Gasteiger partial charge in [0.15, 0.2) is 0 Å². The third kappa shape index (κ3) is 3.19. The first-order valence-electron chi connectivity index (χ1n) is 6.92. The maximum absolute atomic E-state index is 12.1. The topological polar surface area (TPSA) is 55.6 Å². The van der Waals surface area contributed by atoms with Crippen molar-refractivity contribution in [3.63, 3.8) is 0 Å². The minimum Gasteiger partial charge on any atom is -0.369 e. The molecule has 1 unspecified atom stereocenters. The highest BCUT2D eigenvalue weighted by Crippen LogP contribution is 2.26. The summed E-state index contributed by atoms with van der Waals surface area (Å²) in [6.45, 7) is 1.56. The molecule has 4 nitrogen and oxygen atoms in total. The van der Waals surface area contributed by atoms with E-state index in [9.17, 15) is 4.79 Å². The highest BCUT2D eigenvalue weighted by molar-refractivity contribution is 5.78. The Hall–Kier alpha value is -0.610. The lowest BCUT2D eigenvalue weighted by Crippen LogP contribution is -2.54. The zero-order chi connectivity index (χ0) is 12.1. The molecule has 1 heterocycles. The van der Waals surface area contributed by atoms with E-state index in [-0.39, 0.29) is 18.6 Å². The van der Waals surface area contributed by atoms with Crippen LogP contribution in [0, 0.1) is 0 Å². The number of nitrogens with zero attached hydrogens (tertiary/aromatic N) is 1. The normalized spacial score (nSPS) is 28.2. The molecule has 1 amide bonds. The van der Waals surface area contributed by atoms with Crippen LogP contribution in [0.1, 0.15) is 44.9 Å². The molecule has 17 heavy (non-hydrogen) atoms. The monoisotopic (exact) mass is 240 g/mol. The number of ether oxygens (including phenoxy) is 1. The summed E-state index contributed by atoms with van der Waals surface area (Å²) in [5, 5.41) is 0. The SMILES string of the molecule is NCCC1COCC(=O)N1C1CCCCCC1. The van der Waals surface area contributed by atoms with Gasteiger partial charge in [-0.2, -0.15) is 0 Å². The summed E-state index contributed by atoms with van der Waals surface area (Å²) in [6.07, 6.45) is 8.32. The first kappa shape index (κ1) is 12.8. The first-order chi connectivity index (χ1) is 8.33. The van der Waals surface area contributed by atoms with Gasteiger partial charge in [-0.15, -0.1) is 0 Å². The summed E-state index contributed by atoms with van der Waals surface area (Å²) in [6, 6.07) is 0.648. The molecule has 1 saturated heterocycles. The molecule has 0 bridgehead atoms. The van der Waals surface area contributed by atoms with Gasteiger partial charge in [0.25, 0.3) is 0 Å². The summed E-state index contributed by atoms with van der Waals surface area (Å²) in [7, 11) is 0. The molecule has 1 aliphatic heterocycles. The Labute approximate surface area is 103 Å². The minimum absolute atomic E-state index is 0.168. The molecule has 0 spiro atoms. The number of morpholine rings is 1. The Bertz CT molecular complexity index is 248. The van der Waals surface area contributed by atoms with Crippen LogP contribution in [0.2, 0.25) is 0 Å². The van der Waals surface area contributed by atoms with E-state index in [0.29, 0.717) is 19.2 Å². The van der Waals surface area contributed by atoms with E-state index < -0.39 is 0 Å². The van der Waals surface area contributed by atoms with Crippen molar-refractivity contribution in [2.45, 2.75) is 57.0 Å². The first-order valence-corrected chi connectivity index (χ1v) is 6.92. The van der Waals surface area contributed by atoms with Crippen LogP contribution in [-0.4, -0.2) is 42.6 Å². The summed E-state index contributed by atoms with van der Waals surface area (Å²) in [5.41, 5.74) is 5.63. The van der Waals surface area contributed by atoms with Crippen LogP contribution in [0.15, 0.2) is 0 Å². The van der Waals surface area contributed by atoms with Gasteiger partial charge in [-0.3, -0.25) is 4.79 Å². The lowest BCUT2D eigenvalue weighted by Gasteiger charge is -2.41. The molecule has 0 radical (unpaired) electrons. The van der Waals surface area contributed by atoms with Gasteiger partial charge in [-0.25, -0.2) is 0 Å². The van der Waals surface area contributed by atoms with Crippen LogP contribution < -0.4 is 5.73 Å². The van der Waals surface area contributed by atoms with Crippen molar-refractivity contribution in [3.8, 4) is 0 Å². The maximum atomic E-state index is 12.1. The number of nitrogens with two attached hydrogens (primary N) is 1. The van der Waals surface area contributed by atoms with Crippen LogP contribution in [0.3, 0.4) is 0 Å². The molecule has 1 saturated carbocycles. The largest absolute Gasteiger partial charge is 0.369 e. The Morgan fingerprint density at radius 1 is 1.24 bits per heavy atom. The van der Waals surface area contributed by atoms with Crippen LogP contribution >= 0.6 is 0 Å². The molecular weight excluding hydrogens is 216 g/mol. The fourth-order valence-electron chi connectivity index (χ4n) is 3.09. The lowest BCUT2D eigenvalue weighted by atomic mass is 10.0. The summed E-state index contributed by atoms with van der Waals surface area (Å²) in [4.78, 5) is 14.2. The average Bonchev–Trinajstić information content (AvgIpc) is 2.58. The van der Waals surface area contributed by atoms with E-state index in [2.05, 4.69) is 4.90 Å². The van der Waals surface area contributed by atoms with Crippen molar-refractivity contribution >= 4 is 5.91 Å². The zero-order valence-electron chi connectivity index (χ0n) is 10.6. The number of rotatable bonds is 3. The van der Waals surface area contributed by atoms with Crippen LogP contribution in [0.5, 0.6) is 0 Å². The number of amides is 1. The highest BCUT2D eigenvalue weighted by Gasteiger charge is 2.33. The molecule has 0 aromatic heterocycles. The van der Waals surface area contributed by atoms with Gasteiger partial charge in [-0.1, -0.05) is 25.7 Å². The van der Waals surface area contributed by atoms with E-state index in [1.165, 1.54) is 25.7 Å². The van der Waals surface area contributed by atoms with Gasteiger partial charge in [0, 0.05) is 6.04 Å². The molecule has 4 heteroatoms. The van der Waals surface area contributed by atoms with Gasteiger partial charge < -0.3 is 15.4 Å². The van der Waals surface area contributed by atoms with Crippen LogP contribution in [0.25, 0.3) is 0 Å². The van der Waals surface area contributed by atoms with Crippen molar-refractivity contribution < 1.29 is 9.53 Å². The smallest absolute Gasteiger partial charge is 0.249 e. The Morgan fingerprint density at radius 3 is 2.59 bits per heavy atom. The molecule has 1 aliphatic carbocycles. The average molecular weight is 240 g/mol.